The highest BCUT2D eigenvalue weighted by Gasteiger charge is 2.22. The van der Waals surface area contributed by atoms with E-state index in [1.54, 1.807) is 14.2 Å². The third-order valence-corrected chi connectivity index (χ3v) is 2.60. The van der Waals surface area contributed by atoms with Gasteiger partial charge in [0.25, 0.3) is 0 Å². The molecule has 1 rings (SSSR count). The average molecular weight is 274 g/mol. The van der Waals surface area contributed by atoms with Gasteiger partial charge in [-0.2, -0.15) is 0 Å². The van der Waals surface area contributed by atoms with Crippen molar-refractivity contribution in [2.45, 2.75) is 19.4 Å². The van der Waals surface area contributed by atoms with Gasteiger partial charge in [-0.15, -0.1) is 0 Å². The number of methoxy groups -OCH3 is 2. The largest absolute Gasteiger partial charge is 0.493 e. The van der Waals surface area contributed by atoms with Gasteiger partial charge in [0.15, 0.2) is 11.5 Å². The summed E-state index contributed by atoms with van der Waals surface area (Å²) in [5, 5.41) is 0. The second kappa shape index (κ2) is 4.41. The molecule has 0 amide bonds. The van der Waals surface area contributed by atoms with E-state index in [4.69, 9.17) is 15.2 Å². The predicted octanol–water partition coefficient (Wildman–Crippen LogP) is 2.66. The highest BCUT2D eigenvalue weighted by atomic mass is 79.9. The molecule has 1 aromatic carbocycles. The van der Waals surface area contributed by atoms with Crippen LogP contribution in [0.5, 0.6) is 11.5 Å². The van der Waals surface area contributed by atoms with Crippen LogP contribution in [0.2, 0.25) is 0 Å². The second-order valence-electron chi connectivity index (χ2n) is 3.91. The van der Waals surface area contributed by atoms with E-state index in [0.29, 0.717) is 11.5 Å². The van der Waals surface area contributed by atoms with Crippen LogP contribution in [0.25, 0.3) is 0 Å². The molecule has 0 atom stereocenters. The first-order chi connectivity index (χ1) is 6.90. The third kappa shape index (κ3) is 2.63. The van der Waals surface area contributed by atoms with Crippen LogP contribution in [-0.2, 0) is 5.54 Å². The normalized spacial score (nSPS) is 11.3. The number of rotatable bonds is 3. The molecule has 0 bridgehead atoms. The van der Waals surface area contributed by atoms with E-state index in [2.05, 4.69) is 15.9 Å². The Morgan fingerprint density at radius 3 is 2.20 bits per heavy atom. The van der Waals surface area contributed by atoms with E-state index in [9.17, 15) is 0 Å². The van der Waals surface area contributed by atoms with Crippen LogP contribution in [0.4, 0.5) is 0 Å². The summed E-state index contributed by atoms with van der Waals surface area (Å²) in [6, 6.07) is 3.80. The Labute approximate surface area is 98.7 Å². The van der Waals surface area contributed by atoms with Gasteiger partial charge in [0.2, 0.25) is 0 Å². The van der Waals surface area contributed by atoms with Gasteiger partial charge in [0.1, 0.15) is 0 Å². The molecule has 0 aliphatic heterocycles. The van der Waals surface area contributed by atoms with Crippen LogP contribution in [0, 0.1) is 0 Å². The maximum atomic E-state index is 6.07. The number of hydrogen-bond donors (Lipinski definition) is 1. The summed E-state index contributed by atoms with van der Waals surface area (Å²) in [6.07, 6.45) is 0. The molecule has 2 N–H and O–H groups in total. The molecule has 84 valence electrons. The molecule has 0 heterocycles. The van der Waals surface area contributed by atoms with Gasteiger partial charge < -0.3 is 15.2 Å². The van der Waals surface area contributed by atoms with Crippen LogP contribution < -0.4 is 15.2 Å². The SMILES string of the molecule is COc1cc(Br)cc(C(C)(C)N)c1OC. The summed E-state index contributed by atoms with van der Waals surface area (Å²) in [7, 11) is 3.22. The number of ether oxygens (including phenoxy) is 2. The summed E-state index contributed by atoms with van der Waals surface area (Å²) in [4.78, 5) is 0. The smallest absolute Gasteiger partial charge is 0.165 e. The zero-order valence-corrected chi connectivity index (χ0v) is 11.0. The minimum Gasteiger partial charge on any atom is -0.493 e. The van der Waals surface area contributed by atoms with Crippen molar-refractivity contribution in [1.82, 2.24) is 0 Å². The number of nitrogens with two attached hydrogens (primary N) is 1. The van der Waals surface area contributed by atoms with Gasteiger partial charge in [-0.3, -0.25) is 0 Å². The van der Waals surface area contributed by atoms with Crippen molar-refractivity contribution in [3.8, 4) is 11.5 Å². The Hall–Kier alpha value is -0.740. The third-order valence-electron chi connectivity index (χ3n) is 2.14. The van der Waals surface area contributed by atoms with E-state index in [1.807, 2.05) is 26.0 Å². The number of hydrogen-bond acceptors (Lipinski definition) is 3. The van der Waals surface area contributed by atoms with Gasteiger partial charge >= 0.3 is 0 Å². The summed E-state index contributed by atoms with van der Waals surface area (Å²) in [5.41, 5.74) is 6.51. The Kier molecular flexibility index (Phi) is 3.62. The molecule has 3 nitrogen and oxygen atoms in total. The zero-order valence-electron chi connectivity index (χ0n) is 9.43. The maximum Gasteiger partial charge on any atom is 0.165 e. The van der Waals surface area contributed by atoms with Gasteiger partial charge in [0.05, 0.1) is 14.2 Å². The minimum atomic E-state index is -0.470. The van der Waals surface area contributed by atoms with Crippen molar-refractivity contribution in [2.75, 3.05) is 14.2 Å². The monoisotopic (exact) mass is 273 g/mol. The van der Waals surface area contributed by atoms with Crippen LogP contribution in [0.15, 0.2) is 16.6 Å². The van der Waals surface area contributed by atoms with Crippen LogP contribution in [0.3, 0.4) is 0 Å². The molecule has 1 aromatic rings. The van der Waals surface area contributed by atoms with E-state index < -0.39 is 5.54 Å². The molecule has 15 heavy (non-hydrogen) atoms. The van der Waals surface area contributed by atoms with Gasteiger partial charge in [-0.05, 0) is 26.0 Å². The van der Waals surface area contributed by atoms with Gasteiger partial charge in [-0.1, -0.05) is 15.9 Å². The quantitative estimate of drug-likeness (QED) is 0.921. The molecule has 0 aliphatic carbocycles. The lowest BCUT2D eigenvalue weighted by atomic mass is 9.94. The number of benzene rings is 1. The van der Waals surface area contributed by atoms with Crippen molar-refractivity contribution in [2.24, 2.45) is 5.73 Å². The number of halogens is 1. The van der Waals surface area contributed by atoms with Crippen molar-refractivity contribution in [1.29, 1.82) is 0 Å². The lowest BCUT2D eigenvalue weighted by Gasteiger charge is -2.23. The second-order valence-corrected chi connectivity index (χ2v) is 4.83. The lowest BCUT2D eigenvalue weighted by Crippen LogP contribution is -2.29. The van der Waals surface area contributed by atoms with E-state index in [1.165, 1.54) is 0 Å². The Balaban J connectivity index is 3.42. The highest BCUT2D eigenvalue weighted by Crippen LogP contribution is 2.38. The Bertz CT molecular complexity index is 358. The Morgan fingerprint density at radius 2 is 1.80 bits per heavy atom. The lowest BCUT2D eigenvalue weighted by molar-refractivity contribution is 0.343. The molecule has 0 unspecified atom stereocenters. The Morgan fingerprint density at radius 1 is 1.20 bits per heavy atom. The first kappa shape index (κ1) is 12.3. The average Bonchev–Trinajstić information content (AvgIpc) is 2.15. The maximum absolute atomic E-state index is 6.07. The fraction of sp³-hybridized carbons (Fsp3) is 0.455. The zero-order chi connectivity index (χ0) is 11.6. The molecule has 0 saturated carbocycles. The molecule has 0 radical (unpaired) electrons. The predicted molar refractivity (Wildman–Crippen MR) is 64.5 cm³/mol. The molecule has 0 saturated heterocycles. The molecule has 0 spiro atoms. The van der Waals surface area contributed by atoms with Crippen molar-refractivity contribution in [3.63, 3.8) is 0 Å². The van der Waals surface area contributed by atoms with Gasteiger partial charge in [0, 0.05) is 15.6 Å². The topological polar surface area (TPSA) is 44.5 Å². The van der Waals surface area contributed by atoms with Crippen LogP contribution in [-0.4, -0.2) is 14.2 Å². The molecule has 4 heteroatoms. The summed E-state index contributed by atoms with van der Waals surface area (Å²) in [5.74, 6) is 1.37. The first-order valence-electron chi connectivity index (χ1n) is 4.61. The van der Waals surface area contributed by atoms with Crippen molar-refractivity contribution < 1.29 is 9.47 Å². The molecular formula is C11H16BrNO2. The molecule has 0 aliphatic rings. The van der Waals surface area contributed by atoms with Crippen LogP contribution in [0.1, 0.15) is 19.4 Å². The molecule has 0 fully saturated rings. The van der Waals surface area contributed by atoms with Crippen molar-refractivity contribution >= 4 is 15.9 Å². The summed E-state index contributed by atoms with van der Waals surface area (Å²) >= 11 is 3.42. The molecular weight excluding hydrogens is 258 g/mol. The first-order valence-corrected chi connectivity index (χ1v) is 5.40. The van der Waals surface area contributed by atoms with E-state index >= 15 is 0 Å². The van der Waals surface area contributed by atoms with Crippen molar-refractivity contribution in [3.05, 3.63) is 22.2 Å². The van der Waals surface area contributed by atoms with Crippen LogP contribution >= 0.6 is 15.9 Å². The highest BCUT2D eigenvalue weighted by molar-refractivity contribution is 9.10. The van der Waals surface area contributed by atoms with E-state index in [0.717, 1.165) is 10.0 Å². The summed E-state index contributed by atoms with van der Waals surface area (Å²) < 4.78 is 11.5. The minimum absolute atomic E-state index is 0.470. The fourth-order valence-corrected chi connectivity index (χ4v) is 1.85. The fourth-order valence-electron chi connectivity index (χ4n) is 1.41. The van der Waals surface area contributed by atoms with Gasteiger partial charge in [-0.25, -0.2) is 0 Å². The summed E-state index contributed by atoms with van der Waals surface area (Å²) in [6.45, 7) is 3.85. The van der Waals surface area contributed by atoms with E-state index in [-0.39, 0.29) is 0 Å². The molecule has 0 aromatic heterocycles. The standard InChI is InChI=1S/C11H16BrNO2/c1-11(2,13)8-5-7(12)6-9(14-3)10(8)15-4/h5-6H,13H2,1-4H3.